The van der Waals surface area contributed by atoms with Crippen LogP contribution in [0.2, 0.25) is 0 Å². The first-order valence-corrected chi connectivity index (χ1v) is 7.60. The maximum absolute atomic E-state index is 12.1. The molecule has 1 aliphatic rings. The van der Waals surface area contributed by atoms with Crippen molar-refractivity contribution in [3.05, 3.63) is 22.7 Å². The molecule has 8 heteroatoms. The van der Waals surface area contributed by atoms with Crippen LogP contribution in [0.15, 0.2) is 22.1 Å². The van der Waals surface area contributed by atoms with Crippen LogP contribution in [0, 0.1) is 0 Å². The minimum absolute atomic E-state index is 0.186. The largest absolute Gasteiger partial charge is 0.463 e. The number of esters is 1. The number of hydrogen-bond donors (Lipinski definition) is 0. The van der Waals surface area contributed by atoms with Gasteiger partial charge in [-0.05, 0) is 18.9 Å². The molecule has 0 amide bonds. The summed E-state index contributed by atoms with van der Waals surface area (Å²) in [4.78, 5) is 33.0. The van der Waals surface area contributed by atoms with Gasteiger partial charge in [-0.25, -0.2) is 9.79 Å². The normalized spacial score (nSPS) is 20.8. The fourth-order valence-electron chi connectivity index (χ4n) is 2.17. The second-order valence-corrected chi connectivity index (χ2v) is 5.51. The van der Waals surface area contributed by atoms with Crippen LogP contribution in [0.25, 0.3) is 0 Å². The van der Waals surface area contributed by atoms with Crippen molar-refractivity contribution in [1.82, 2.24) is 14.5 Å². The Kier molecular flexibility index (Phi) is 5.86. The van der Waals surface area contributed by atoms with Gasteiger partial charge in [-0.2, -0.15) is 4.98 Å². The molecule has 0 spiro atoms. The predicted octanol–water partition coefficient (Wildman–Crippen LogP) is 1.10. The number of rotatable bonds is 6. The monoisotopic (exact) mass is 322 g/mol. The molecule has 1 aromatic heterocycles. The second kappa shape index (κ2) is 7.87. The average Bonchev–Trinajstić information content (AvgIpc) is 2.99. The molecule has 126 valence electrons. The lowest BCUT2D eigenvalue weighted by molar-refractivity contribution is -0.148. The van der Waals surface area contributed by atoms with Crippen LogP contribution in [-0.2, 0) is 14.3 Å². The molecule has 0 unspecified atom stereocenters. The van der Waals surface area contributed by atoms with E-state index in [0.29, 0.717) is 18.7 Å². The Morgan fingerprint density at radius 2 is 2.35 bits per heavy atom. The first-order chi connectivity index (χ1) is 11.0. The number of aromatic nitrogens is 2. The molecule has 0 N–H and O–H groups in total. The molecule has 0 aliphatic carbocycles. The van der Waals surface area contributed by atoms with Gasteiger partial charge in [-0.3, -0.25) is 9.36 Å². The molecule has 1 saturated heterocycles. The molecule has 0 radical (unpaired) electrons. The Bertz CT molecular complexity index is 626. The molecule has 2 rings (SSSR count). The van der Waals surface area contributed by atoms with Gasteiger partial charge in [-0.1, -0.05) is 6.92 Å². The average molecular weight is 322 g/mol. The Morgan fingerprint density at radius 1 is 1.57 bits per heavy atom. The van der Waals surface area contributed by atoms with Crippen molar-refractivity contribution in [3.63, 3.8) is 0 Å². The molecular formula is C15H22N4O4. The van der Waals surface area contributed by atoms with Crippen LogP contribution in [0.4, 0.5) is 5.82 Å². The van der Waals surface area contributed by atoms with E-state index < -0.39 is 5.69 Å². The summed E-state index contributed by atoms with van der Waals surface area (Å²) in [7, 11) is 3.67. The second-order valence-electron chi connectivity index (χ2n) is 5.51. The molecule has 1 fully saturated rings. The predicted molar refractivity (Wildman–Crippen MR) is 84.7 cm³/mol. The van der Waals surface area contributed by atoms with E-state index in [2.05, 4.69) is 9.98 Å². The van der Waals surface area contributed by atoms with Gasteiger partial charge in [0.05, 0.1) is 12.4 Å². The molecule has 0 saturated carbocycles. The minimum Gasteiger partial charge on any atom is -0.463 e. The highest BCUT2D eigenvalue weighted by molar-refractivity contribution is 5.68. The Labute approximate surface area is 134 Å². The van der Waals surface area contributed by atoms with E-state index in [9.17, 15) is 9.59 Å². The van der Waals surface area contributed by atoms with Crippen LogP contribution >= 0.6 is 0 Å². The van der Waals surface area contributed by atoms with Gasteiger partial charge in [0.15, 0.2) is 5.82 Å². The van der Waals surface area contributed by atoms with Gasteiger partial charge in [-0.15, -0.1) is 0 Å². The number of nitrogens with zero attached hydrogens (tertiary/aromatic N) is 4. The Hall–Kier alpha value is -2.22. The van der Waals surface area contributed by atoms with E-state index in [0.717, 1.165) is 6.42 Å². The fourth-order valence-corrected chi connectivity index (χ4v) is 2.17. The molecule has 0 bridgehead atoms. The van der Waals surface area contributed by atoms with Crippen molar-refractivity contribution in [2.45, 2.75) is 38.5 Å². The third-order valence-electron chi connectivity index (χ3n) is 3.35. The highest BCUT2D eigenvalue weighted by atomic mass is 16.6. The zero-order chi connectivity index (χ0) is 16.8. The maximum Gasteiger partial charge on any atom is 0.351 e. The molecule has 1 aliphatic heterocycles. The molecule has 23 heavy (non-hydrogen) atoms. The highest BCUT2D eigenvalue weighted by Crippen LogP contribution is 2.27. The molecule has 0 aromatic carbocycles. The van der Waals surface area contributed by atoms with E-state index in [-0.39, 0.29) is 24.9 Å². The lowest BCUT2D eigenvalue weighted by Gasteiger charge is -2.15. The number of ether oxygens (including phenoxy) is 2. The number of carbonyl (C=O) groups excluding carboxylic acids is 1. The van der Waals surface area contributed by atoms with E-state index >= 15 is 0 Å². The SMILES string of the molecule is CCC(=O)OC[C@@H]1CC[C@H](n2ccc(/N=C/N(C)C)nc2=O)O1. The van der Waals surface area contributed by atoms with Crippen molar-refractivity contribution >= 4 is 18.1 Å². The zero-order valence-electron chi connectivity index (χ0n) is 13.6. The van der Waals surface area contributed by atoms with Gasteiger partial charge in [0.1, 0.15) is 12.8 Å². The van der Waals surface area contributed by atoms with Crippen molar-refractivity contribution < 1.29 is 14.3 Å². The lowest BCUT2D eigenvalue weighted by Crippen LogP contribution is -2.27. The number of aliphatic imine (C=N–C) groups is 1. The van der Waals surface area contributed by atoms with E-state index in [4.69, 9.17) is 9.47 Å². The van der Waals surface area contributed by atoms with E-state index in [1.165, 1.54) is 4.57 Å². The van der Waals surface area contributed by atoms with Crippen LogP contribution < -0.4 is 5.69 Å². The summed E-state index contributed by atoms with van der Waals surface area (Å²) in [5.74, 6) is 0.102. The van der Waals surface area contributed by atoms with Crippen molar-refractivity contribution in [2.75, 3.05) is 20.7 Å². The van der Waals surface area contributed by atoms with E-state index in [1.54, 1.807) is 30.4 Å². The van der Waals surface area contributed by atoms with Crippen LogP contribution in [0.5, 0.6) is 0 Å². The maximum atomic E-state index is 12.1. The fraction of sp³-hybridized carbons (Fsp3) is 0.600. The Balaban J connectivity index is 1.97. The standard InChI is InChI=1S/C15H22N4O4/c1-4-14(20)22-9-11-5-6-13(23-11)19-8-7-12(17-15(19)21)16-10-18(2)3/h7-8,10-11,13H,4-6,9H2,1-3H3/b16-10+/t11-,13+/m0/s1. The van der Waals surface area contributed by atoms with Gasteiger partial charge in [0.2, 0.25) is 0 Å². The molecule has 2 heterocycles. The van der Waals surface area contributed by atoms with E-state index in [1.807, 2.05) is 14.1 Å². The summed E-state index contributed by atoms with van der Waals surface area (Å²) >= 11 is 0. The number of carbonyl (C=O) groups is 1. The topological polar surface area (TPSA) is 86.0 Å². The Morgan fingerprint density at radius 3 is 3.00 bits per heavy atom. The van der Waals surface area contributed by atoms with Crippen molar-refractivity contribution in [3.8, 4) is 0 Å². The molecule has 1 aromatic rings. The number of hydrogen-bond acceptors (Lipinski definition) is 6. The van der Waals surface area contributed by atoms with Crippen LogP contribution in [-0.4, -0.2) is 53.6 Å². The van der Waals surface area contributed by atoms with Gasteiger partial charge >= 0.3 is 11.7 Å². The zero-order valence-corrected chi connectivity index (χ0v) is 13.6. The smallest absolute Gasteiger partial charge is 0.351 e. The quantitative estimate of drug-likeness (QED) is 0.443. The third kappa shape index (κ3) is 4.88. The summed E-state index contributed by atoms with van der Waals surface area (Å²) in [6, 6.07) is 1.66. The summed E-state index contributed by atoms with van der Waals surface area (Å²) < 4.78 is 12.3. The highest BCUT2D eigenvalue weighted by Gasteiger charge is 2.28. The van der Waals surface area contributed by atoms with Gasteiger partial charge < -0.3 is 14.4 Å². The molecule has 8 nitrogen and oxygen atoms in total. The molecular weight excluding hydrogens is 300 g/mol. The minimum atomic E-state index is -0.408. The van der Waals surface area contributed by atoms with Crippen molar-refractivity contribution in [1.29, 1.82) is 0 Å². The molecule has 2 atom stereocenters. The van der Waals surface area contributed by atoms with Crippen LogP contribution in [0.3, 0.4) is 0 Å². The van der Waals surface area contributed by atoms with Gasteiger partial charge in [0.25, 0.3) is 0 Å². The lowest BCUT2D eigenvalue weighted by atomic mass is 10.2. The van der Waals surface area contributed by atoms with Gasteiger partial charge in [0, 0.05) is 26.7 Å². The summed E-state index contributed by atoms with van der Waals surface area (Å²) in [6.07, 6.45) is 4.39. The van der Waals surface area contributed by atoms with Crippen molar-refractivity contribution in [2.24, 2.45) is 4.99 Å². The summed E-state index contributed by atoms with van der Waals surface area (Å²) in [6.45, 7) is 1.96. The third-order valence-corrected chi connectivity index (χ3v) is 3.35. The first kappa shape index (κ1) is 17.1. The summed E-state index contributed by atoms with van der Waals surface area (Å²) in [5.41, 5.74) is -0.408. The summed E-state index contributed by atoms with van der Waals surface area (Å²) in [5, 5.41) is 0. The van der Waals surface area contributed by atoms with Crippen LogP contribution in [0.1, 0.15) is 32.4 Å². The first-order valence-electron chi connectivity index (χ1n) is 7.60.